The minimum absolute atomic E-state index is 0.00116. The van der Waals surface area contributed by atoms with Crippen molar-refractivity contribution in [1.29, 1.82) is 0 Å². The van der Waals surface area contributed by atoms with Crippen molar-refractivity contribution in [3.8, 4) is 5.75 Å². The van der Waals surface area contributed by atoms with Crippen LogP contribution in [-0.2, 0) is 16.0 Å². The van der Waals surface area contributed by atoms with Gasteiger partial charge in [-0.05, 0) is 36.6 Å². The molecule has 158 valence electrons. The van der Waals surface area contributed by atoms with E-state index in [1.165, 1.54) is 11.8 Å². The van der Waals surface area contributed by atoms with Crippen molar-refractivity contribution in [2.45, 2.75) is 18.1 Å². The lowest BCUT2D eigenvalue weighted by Crippen LogP contribution is -2.49. The average Bonchev–Trinajstić information content (AvgIpc) is 2.95. The van der Waals surface area contributed by atoms with Crippen molar-refractivity contribution in [3.63, 3.8) is 0 Å². The number of thioether (sulfide) groups is 1. The van der Waals surface area contributed by atoms with E-state index in [9.17, 15) is 9.59 Å². The van der Waals surface area contributed by atoms with Gasteiger partial charge in [-0.25, -0.2) is 0 Å². The molecule has 1 atom stereocenters. The first kappa shape index (κ1) is 20.6. The molecule has 0 spiro atoms. The second kappa shape index (κ2) is 9.43. The van der Waals surface area contributed by atoms with Crippen LogP contribution in [0.2, 0.25) is 0 Å². The number of piperazine rings is 1. The Bertz CT molecular complexity index is 912. The lowest BCUT2D eigenvalue weighted by atomic mass is 10.1. The summed E-state index contributed by atoms with van der Waals surface area (Å²) in [5.41, 5.74) is 3.12. The normalized spacial score (nSPS) is 19.0. The highest BCUT2D eigenvalue weighted by Gasteiger charge is 2.27. The molecule has 0 bridgehead atoms. The van der Waals surface area contributed by atoms with Crippen LogP contribution in [-0.4, -0.2) is 61.0 Å². The van der Waals surface area contributed by atoms with Crippen LogP contribution in [0.1, 0.15) is 12.0 Å². The second-order valence-electron chi connectivity index (χ2n) is 7.52. The number of hydrogen-bond acceptors (Lipinski definition) is 5. The van der Waals surface area contributed by atoms with Crippen molar-refractivity contribution in [1.82, 2.24) is 4.90 Å². The summed E-state index contributed by atoms with van der Waals surface area (Å²) in [7, 11) is 1.68. The Balaban J connectivity index is 1.28. The highest BCUT2D eigenvalue weighted by molar-refractivity contribution is 8.01. The first-order chi connectivity index (χ1) is 14.7. The maximum absolute atomic E-state index is 12.7. The molecule has 4 rings (SSSR count). The Kier molecular flexibility index (Phi) is 6.47. The van der Waals surface area contributed by atoms with Gasteiger partial charge in [0.25, 0.3) is 0 Å². The van der Waals surface area contributed by atoms with Crippen molar-refractivity contribution < 1.29 is 14.3 Å². The average molecular weight is 426 g/mol. The third-order valence-electron chi connectivity index (χ3n) is 5.71. The number of fused-ring (bicyclic) bond motifs is 1. The zero-order valence-electron chi connectivity index (χ0n) is 17.2. The van der Waals surface area contributed by atoms with Gasteiger partial charge in [-0.15, -0.1) is 11.8 Å². The lowest BCUT2D eigenvalue weighted by Gasteiger charge is -2.36. The van der Waals surface area contributed by atoms with Crippen LogP contribution in [0, 0.1) is 0 Å². The predicted octanol–water partition coefficient (Wildman–Crippen LogP) is 3.03. The molecule has 1 N–H and O–H groups in total. The van der Waals surface area contributed by atoms with Gasteiger partial charge in [0.1, 0.15) is 5.75 Å². The molecule has 0 aromatic heterocycles. The fraction of sp³-hybridized carbons (Fsp3) is 0.391. The van der Waals surface area contributed by atoms with Crippen molar-refractivity contribution in [3.05, 3.63) is 54.1 Å². The number of ether oxygens (including phenoxy) is 1. The minimum atomic E-state index is -0.198. The smallest absolute Gasteiger partial charge is 0.237 e. The standard InChI is InChI=1S/C23H27N3O3S/c1-29-20-9-5-4-8-19(20)25-12-14-26(15-13-25)22(27)16-30-21-11-10-17-6-2-3-7-18(17)24-23(21)28/h2-9,21H,10-16H2,1H3,(H,24,28). The largest absolute Gasteiger partial charge is 0.495 e. The molecule has 30 heavy (non-hydrogen) atoms. The number of aryl methyl sites for hydroxylation is 1. The number of nitrogens with zero attached hydrogens (tertiary/aromatic N) is 2. The third-order valence-corrected chi connectivity index (χ3v) is 6.98. The van der Waals surface area contributed by atoms with Crippen LogP contribution >= 0.6 is 11.8 Å². The fourth-order valence-electron chi connectivity index (χ4n) is 4.00. The first-order valence-corrected chi connectivity index (χ1v) is 11.4. The van der Waals surface area contributed by atoms with E-state index in [-0.39, 0.29) is 17.1 Å². The van der Waals surface area contributed by atoms with E-state index in [0.29, 0.717) is 18.8 Å². The van der Waals surface area contributed by atoms with Crippen LogP contribution in [0.15, 0.2) is 48.5 Å². The van der Waals surface area contributed by atoms with E-state index in [0.717, 1.165) is 48.6 Å². The molecule has 2 aromatic rings. The number of nitrogens with one attached hydrogen (secondary N) is 1. The van der Waals surface area contributed by atoms with E-state index in [1.54, 1.807) is 7.11 Å². The molecule has 1 saturated heterocycles. The van der Waals surface area contributed by atoms with Gasteiger partial charge in [0.05, 0.1) is 23.8 Å². The number of carbonyl (C=O) groups excluding carboxylic acids is 2. The number of rotatable bonds is 5. The summed E-state index contributed by atoms with van der Waals surface area (Å²) in [6.07, 6.45) is 1.60. The van der Waals surface area contributed by atoms with Crippen molar-refractivity contribution in [2.24, 2.45) is 0 Å². The van der Waals surface area contributed by atoms with Gasteiger partial charge in [0.15, 0.2) is 0 Å². The number of carbonyl (C=O) groups is 2. The third kappa shape index (κ3) is 4.56. The summed E-state index contributed by atoms with van der Waals surface area (Å²) < 4.78 is 5.46. The van der Waals surface area contributed by atoms with Gasteiger partial charge in [0.2, 0.25) is 11.8 Å². The van der Waals surface area contributed by atoms with E-state index < -0.39 is 0 Å². The minimum Gasteiger partial charge on any atom is -0.495 e. The number of para-hydroxylation sites is 3. The van der Waals surface area contributed by atoms with E-state index in [1.807, 2.05) is 41.3 Å². The number of hydrogen-bond donors (Lipinski definition) is 1. The number of benzene rings is 2. The second-order valence-corrected chi connectivity index (χ2v) is 8.72. The summed E-state index contributed by atoms with van der Waals surface area (Å²) in [6, 6.07) is 15.9. The zero-order chi connectivity index (χ0) is 20.9. The summed E-state index contributed by atoms with van der Waals surface area (Å²) in [5, 5.41) is 2.81. The summed E-state index contributed by atoms with van der Waals surface area (Å²) >= 11 is 1.46. The molecule has 1 fully saturated rings. The molecule has 2 aromatic carbocycles. The highest BCUT2D eigenvalue weighted by atomic mass is 32.2. The first-order valence-electron chi connectivity index (χ1n) is 10.3. The van der Waals surface area contributed by atoms with Gasteiger partial charge in [-0.2, -0.15) is 0 Å². The number of amides is 2. The van der Waals surface area contributed by atoms with Gasteiger partial charge in [-0.3, -0.25) is 9.59 Å². The van der Waals surface area contributed by atoms with Gasteiger partial charge >= 0.3 is 0 Å². The molecule has 2 aliphatic rings. The van der Waals surface area contributed by atoms with Crippen molar-refractivity contribution in [2.75, 3.05) is 49.3 Å². The predicted molar refractivity (Wildman–Crippen MR) is 121 cm³/mol. The van der Waals surface area contributed by atoms with Crippen LogP contribution in [0.4, 0.5) is 11.4 Å². The molecule has 2 amide bonds. The Morgan fingerprint density at radius 1 is 1.10 bits per heavy atom. The Hall–Kier alpha value is -2.67. The van der Waals surface area contributed by atoms with Gasteiger partial charge < -0.3 is 19.9 Å². The quantitative estimate of drug-likeness (QED) is 0.798. The fourth-order valence-corrected chi connectivity index (χ4v) is 5.02. The molecule has 0 radical (unpaired) electrons. The molecule has 1 unspecified atom stereocenters. The molecule has 0 saturated carbocycles. The Morgan fingerprint density at radius 2 is 1.83 bits per heavy atom. The highest BCUT2D eigenvalue weighted by Crippen LogP contribution is 2.29. The van der Waals surface area contributed by atoms with Crippen LogP contribution in [0.3, 0.4) is 0 Å². The van der Waals surface area contributed by atoms with E-state index >= 15 is 0 Å². The van der Waals surface area contributed by atoms with Crippen molar-refractivity contribution >= 4 is 35.0 Å². The summed E-state index contributed by atoms with van der Waals surface area (Å²) in [6.45, 7) is 2.91. The molecule has 0 aliphatic carbocycles. The molecule has 2 aliphatic heterocycles. The maximum atomic E-state index is 12.7. The summed E-state index contributed by atoms with van der Waals surface area (Å²) in [4.78, 5) is 29.5. The van der Waals surface area contributed by atoms with Crippen LogP contribution in [0.25, 0.3) is 0 Å². The Labute approximate surface area is 181 Å². The molecular formula is C23H27N3O3S. The number of methoxy groups -OCH3 is 1. The lowest BCUT2D eigenvalue weighted by molar-refractivity contribution is -0.128. The maximum Gasteiger partial charge on any atom is 0.237 e. The Morgan fingerprint density at radius 3 is 2.63 bits per heavy atom. The SMILES string of the molecule is COc1ccccc1N1CCN(C(=O)CSC2CCc3ccccc3NC2=O)CC1. The molecule has 7 heteroatoms. The topological polar surface area (TPSA) is 61.9 Å². The summed E-state index contributed by atoms with van der Waals surface area (Å²) in [5.74, 6) is 1.30. The molecule has 2 heterocycles. The number of anilines is 2. The molecule has 6 nitrogen and oxygen atoms in total. The zero-order valence-corrected chi connectivity index (χ0v) is 18.0. The van der Waals surface area contributed by atoms with Gasteiger partial charge in [-0.1, -0.05) is 30.3 Å². The van der Waals surface area contributed by atoms with Crippen LogP contribution in [0.5, 0.6) is 5.75 Å². The van der Waals surface area contributed by atoms with E-state index in [4.69, 9.17) is 4.74 Å². The van der Waals surface area contributed by atoms with Gasteiger partial charge in [0, 0.05) is 31.9 Å². The monoisotopic (exact) mass is 425 g/mol. The van der Waals surface area contributed by atoms with Crippen LogP contribution < -0.4 is 15.0 Å². The van der Waals surface area contributed by atoms with E-state index in [2.05, 4.69) is 22.3 Å². The molecular weight excluding hydrogens is 398 g/mol.